The highest BCUT2D eigenvalue weighted by Gasteiger charge is 2.48. The average Bonchev–Trinajstić information content (AvgIpc) is 2.75. The quantitative estimate of drug-likeness (QED) is 0.175. The van der Waals surface area contributed by atoms with Crippen LogP contribution >= 0.6 is 0 Å². The minimum atomic E-state index is -1.28. The first-order valence-corrected chi connectivity index (χ1v) is 6.97. The van der Waals surface area contributed by atoms with Gasteiger partial charge in [0.1, 0.15) is 5.71 Å². The van der Waals surface area contributed by atoms with Crippen LogP contribution in [0.15, 0.2) is 5.10 Å². The van der Waals surface area contributed by atoms with Crippen LogP contribution in [0.3, 0.4) is 0 Å². The van der Waals surface area contributed by atoms with E-state index < -0.39 is 23.6 Å². The number of ether oxygens (including phenoxy) is 2. The van der Waals surface area contributed by atoms with Crippen molar-refractivity contribution in [3.8, 4) is 0 Å². The Balaban J connectivity index is 2.70. The van der Waals surface area contributed by atoms with Crippen molar-refractivity contribution in [1.29, 1.82) is 0 Å². The van der Waals surface area contributed by atoms with Gasteiger partial charge in [-0.15, -0.1) is 0 Å². The maximum Gasteiger partial charge on any atom is 0.278 e. The van der Waals surface area contributed by atoms with Crippen LogP contribution in [0.2, 0.25) is 0 Å². The number of carbonyl (C=O) groups excluding carboxylic acids is 3. The van der Waals surface area contributed by atoms with Crippen molar-refractivity contribution in [2.75, 3.05) is 40.5 Å². The Morgan fingerprint density at radius 1 is 1.27 bits per heavy atom. The van der Waals surface area contributed by atoms with E-state index in [1.165, 1.54) is 7.11 Å². The number of rotatable bonds is 9. The Bertz CT molecular complexity index is 452. The van der Waals surface area contributed by atoms with E-state index in [9.17, 15) is 14.4 Å². The Kier molecular flexibility index (Phi) is 7.47. The van der Waals surface area contributed by atoms with Crippen molar-refractivity contribution in [3.63, 3.8) is 0 Å². The van der Waals surface area contributed by atoms with Gasteiger partial charge in [0.25, 0.3) is 5.91 Å². The molecule has 0 aromatic heterocycles. The van der Waals surface area contributed by atoms with Gasteiger partial charge in [-0.1, -0.05) is 0 Å². The molecule has 1 heterocycles. The molecule has 1 fully saturated rings. The molecule has 0 spiro atoms. The smallest absolute Gasteiger partial charge is 0.278 e. The van der Waals surface area contributed by atoms with E-state index in [2.05, 4.69) is 10.4 Å². The molecule has 1 unspecified atom stereocenters. The minimum Gasteiger partial charge on any atom is -0.385 e. The number of imide groups is 1. The summed E-state index contributed by atoms with van der Waals surface area (Å²) < 4.78 is 9.75. The van der Waals surface area contributed by atoms with Crippen LogP contribution < -0.4 is 11.2 Å². The van der Waals surface area contributed by atoms with Crippen LogP contribution in [0.5, 0.6) is 0 Å². The lowest BCUT2D eigenvalue weighted by Crippen LogP contribution is -2.39. The molecule has 0 bridgehead atoms. The first kappa shape index (κ1) is 18.1. The molecule has 1 saturated heterocycles. The molecule has 9 nitrogen and oxygen atoms in total. The monoisotopic (exact) mass is 314 g/mol. The lowest BCUT2D eigenvalue weighted by Gasteiger charge is -2.13. The first-order valence-electron chi connectivity index (χ1n) is 6.97. The molecule has 0 aliphatic carbocycles. The summed E-state index contributed by atoms with van der Waals surface area (Å²) in [5.41, 5.74) is -0.230. The summed E-state index contributed by atoms with van der Waals surface area (Å²) in [5.74, 6) is 2.09. The van der Waals surface area contributed by atoms with Gasteiger partial charge in [-0.2, -0.15) is 5.10 Å². The number of hydrazone groups is 1. The Morgan fingerprint density at radius 2 is 1.91 bits per heavy atom. The van der Waals surface area contributed by atoms with Gasteiger partial charge >= 0.3 is 0 Å². The van der Waals surface area contributed by atoms with E-state index in [1.807, 2.05) is 0 Å². The molecular weight excluding hydrogens is 292 g/mol. The SMILES string of the molecule is COCCCNC(=O)C1C(=O)N(CCCOC)C(=O)/C1=N/N. The zero-order valence-electron chi connectivity index (χ0n) is 12.8. The van der Waals surface area contributed by atoms with Gasteiger partial charge < -0.3 is 20.6 Å². The van der Waals surface area contributed by atoms with E-state index in [-0.39, 0.29) is 12.3 Å². The standard InChI is InChI=1S/C13H22N4O5/c1-21-7-3-5-15-11(18)9-10(16-14)13(20)17(12(9)19)6-4-8-22-2/h9H,3-8,14H2,1-2H3,(H,15,18)/b16-10+. The van der Waals surface area contributed by atoms with Crippen LogP contribution in [-0.2, 0) is 23.9 Å². The molecule has 3 amide bonds. The Labute approximate surface area is 128 Å². The van der Waals surface area contributed by atoms with E-state index in [0.29, 0.717) is 32.6 Å². The number of methoxy groups -OCH3 is 2. The fourth-order valence-electron chi connectivity index (χ4n) is 2.11. The van der Waals surface area contributed by atoms with Gasteiger partial charge in [-0.05, 0) is 12.8 Å². The van der Waals surface area contributed by atoms with Crippen LogP contribution in [0.4, 0.5) is 0 Å². The Hall–Kier alpha value is -2.00. The number of nitrogens with one attached hydrogen (secondary N) is 1. The van der Waals surface area contributed by atoms with Gasteiger partial charge in [0, 0.05) is 40.5 Å². The van der Waals surface area contributed by atoms with E-state index in [0.717, 1.165) is 4.90 Å². The molecule has 124 valence electrons. The van der Waals surface area contributed by atoms with Crippen molar-refractivity contribution < 1.29 is 23.9 Å². The number of nitrogens with zero attached hydrogens (tertiary/aromatic N) is 2. The molecule has 0 aromatic carbocycles. The number of hydrogen-bond donors (Lipinski definition) is 2. The summed E-state index contributed by atoms with van der Waals surface area (Å²) in [6, 6.07) is 0. The zero-order chi connectivity index (χ0) is 16.5. The number of likely N-dealkylation sites (tertiary alicyclic amines) is 1. The molecule has 9 heteroatoms. The van der Waals surface area contributed by atoms with E-state index in [1.54, 1.807) is 7.11 Å². The van der Waals surface area contributed by atoms with E-state index in [4.69, 9.17) is 15.3 Å². The number of amides is 3. The third kappa shape index (κ3) is 4.25. The summed E-state index contributed by atoms with van der Waals surface area (Å²) in [7, 11) is 3.08. The van der Waals surface area contributed by atoms with Crippen molar-refractivity contribution in [3.05, 3.63) is 0 Å². The highest BCUT2D eigenvalue weighted by Crippen LogP contribution is 2.18. The largest absolute Gasteiger partial charge is 0.385 e. The number of hydrogen-bond acceptors (Lipinski definition) is 7. The Morgan fingerprint density at radius 3 is 2.50 bits per heavy atom. The summed E-state index contributed by atoms with van der Waals surface area (Å²) in [6.07, 6.45) is 1.08. The second kappa shape index (κ2) is 9.11. The first-order chi connectivity index (χ1) is 10.6. The summed E-state index contributed by atoms with van der Waals surface area (Å²) in [4.78, 5) is 37.4. The van der Waals surface area contributed by atoms with Gasteiger partial charge in [0.2, 0.25) is 11.8 Å². The third-order valence-electron chi connectivity index (χ3n) is 3.21. The fraction of sp³-hybridized carbons (Fsp3) is 0.692. The number of nitrogens with two attached hydrogens (primary N) is 1. The van der Waals surface area contributed by atoms with Crippen molar-refractivity contribution in [1.82, 2.24) is 10.2 Å². The molecule has 0 aromatic rings. The molecular formula is C13H22N4O5. The third-order valence-corrected chi connectivity index (χ3v) is 3.21. The van der Waals surface area contributed by atoms with Crippen LogP contribution in [0, 0.1) is 5.92 Å². The molecule has 0 saturated carbocycles. The predicted molar refractivity (Wildman–Crippen MR) is 77.8 cm³/mol. The molecule has 1 aliphatic rings. The zero-order valence-corrected chi connectivity index (χ0v) is 12.8. The van der Waals surface area contributed by atoms with Gasteiger partial charge in [-0.25, -0.2) is 0 Å². The van der Waals surface area contributed by atoms with Crippen LogP contribution in [0.1, 0.15) is 12.8 Å². The van der Waals surface area contributed by atoms with Crippen molar-refractivity contribution in [2.24, 2.45) is 16.9 Å². The lowest BCUT2D eigenvalue weighted by atomic mass is 10.1. The van der Waals surface area contributed by atoms with Gasteiger partial charge in [-0.3, -0.25) is 19.3 Å². The molecule has 1 atom stereocenters. The summed E-state index contributed by atoms with van der Waals surface area (Å²) in [6.45, 7) is 1.39. The molecule has 1 rings (SSSR count). The second-order valence-electron chi connectivity index (χ2n) is 4.73. The minimum absolute atomic E-state index is 0.165. The van der Waals surface area contributed by atoms with E-state index >= 15 is 0 Å². The van der Waals surface area contributed by atoms with Crippen LogP contribution in [0.25, 0.3) is 0 Å². The normalized spacial score (nSPS) is 20.0. The van der Waals surface area contributed by atoms with Gasteiger partial charge in [0.05, 0.1) is 0 Å². The number of carbonyl (C=O) groups is 3. The topological polar surface area (TPSA) is 123 Å². The molecule has 3 N–H and O–H groups in total. The summed E-state index contributed by atoms with van der Waals surface area (Å²) >= 11 is 0. The fourth-order valence-corrected chi connectivity index (χ4v) is 2.11. The molecule has 0 radical (unpaired) electrons. The van der Waals surface area contributed by atoms with Crippen molar-refractivity contribution >= 4 is 23.4 Å². The average molecular weight is 314 g/mol. The highest BCUT2D eigenvalue weighted by atomic mass is 16.5. The predicted octanol–water partition coefficient (Wildman–Crippen LogP) is -1.52. The highest BCUT2D eigenvalue weighted by molar-refractivity contribution is 6.54. The summed E-state index contributed by atoms with van der Waals surface area (Å²) in [5, 5.41) is 5.91. The maximum atomic E-state index is 12.3. The van der Waals surface area contributed by atoms with Gasteiger partial charge in [0.15, 0.2) is 5.92 Å². The maximum absolute atomic E-state index is 12.3. The molecule has 1 aliphatic heterocycles. The lowest BCUT2D eigenvalue weighted by molar-refractivity contribution is -0.141. The van der Waals surface area contributed by atoms with Crippen molar-refractivity contribution in [2.45, 2.75) is 12.8 Å². The second-order valence-corrected chi connectivity index (χ2v) is 4.73. The molecule has 22 heavy (non-hydrogen) atoms. The van der Waals surface area contributed by atoms with Crippen LogP contribution in [-0.4, -0.2) is 68.9 Å².